The summed E-state index contributed by atoms with van der Waals surface area (Å²) in [4.78, 5) is 7.00. The number of fused-ring (bicyclic) bond motifs is 1. The van der Waals surface area contributed by atoms with Gasteiger partial charge < -0.3 is 10.0 Å². The standard InChI is InChI=1S/C19H21F3N4OS/c1-2-14-23-18-26(24-14)17(27)16(28-18)15(25-10-4-3-5-11-25)12-6-8-13(9-7-12)19(20,21)22/h6-9,15,27H,2-5,10-11H2,1H3/p+1/t15-/m1/s1. The predicted molar refractivity (Wildman–Crippen MR) is 99.7 cm³/mol. The molecule has 1 atom stereocenters. The molecule has 150 valence electrons. The monoisotopic (exact) mass is 411 g/mol. The average Bonchev–Trinajstić information content (AvgIpc) is 3.22. The number of piperidine rings is 1. The number of hydrogen-bond donors (Lipinski definition) is 2. The van der Waals surface area contributed by atoms with Gasteiger partial charge in [-0.1, -0.05) is 30.4 Å². The lowest BCUT2D eigenvalue weighted by atomic mass is 9.99. The first-order valence-corrected chi connectivity index (χ1v) is 10.3. The Kier molecular flexibility index (Phi) is 5.05. The van der Waals surface area contributed by atoms with E-state index in [0.717, 1.165) is 50.0 Å². The second-order valence-electron chi connectivity index (χ2n) is 7.14. The molecule has 4 rings (SSSR count). The summed E-state index contributed by atoms with van der Waals surface area (Å²) in [5.41, 5.74) is 0.100. The lowest BCUT2D eigenvalue weighted by Crippen LogP contribution is -3.13. The van der Waals surface area contributed by atoms with E-state index in [2.05, 4.69) is 10.1 Å². The van der Waals surface area contributed by atoms with Crippen LogP contribution in [0.1, 0.15) is 54.1 Å². The van der Waals surface area contributed by atoms with E-state index in [4.69, 9.17) is 0 Å². The van der Waals surface area contributed by atoms with Crippen LogP contribution in [0.4, 0.5) is 13.2 Å². The number of aromatic hydroxyl groups is 1. The summed E-state index contributed by atoms with van der Waals surface area (Å²) >= 11 is 1.36. The number of rotatable bonds is 4. The van der Waals surface area contributed by atoms with Crippen molar-refractivity contribution in [2.45, 2.75) is 44.8 Å². The molecule has 3 aromatic rings. The van der Waals surface area contributed by atoms with Gasteiger partial charge in [0, 0.05) is 12.0 Å². The summed E-state index contributed by atoms with van der Waals surface area (Å²) in [6.07, 6.45) is -0.409. The van der Waals surface area contributed by atoms with Crippen LogP contribution in [0.25, 0.3) is 4.96 Å². The van der Waals surface area contributed by atoms with Crippen molar-refractivity contribution in [1.82, 2.24) is 14.6 Å². The SMILES string of the molecule is CCc1nc2sc([C@@H](c3ccc(C(F)(F)F)cc3)[NH+]3CCCCC3)c(O)n2n1. The van der Waals surface area contributed by atoms with Crippen LogP contribution in [0.3, 0.4) is 0 Å². The number of halogens is 3. The van der Waals surface area contributed by atoms with Gasteiger partial charge in [0.25, 0.3) is 0 Å². The van der Waals surface area contributed by atoms with E-state index in [0.29, 0.717) is 22.1 Å². The number of aryl methyl sites for hydroxylation is 1. The third kappa shape index (κ3) is 3.48. The molecule has 0 radical (unpaired) electrons. The molecule has 1 aliphatic rings. The highest BCUT2D eigenvalue weighted by Crippen LogP contribution is 2.36. The van der Waals surface area contributed by atoms with E-state index in [1.54, 1.807) is 0 Å². The fourth-order valence-electron chi connectivity index (χ4n) is 3.86. The zero-order valence-corrected chi connectivity index (χ0v) is 16.3. The van der Waals surface area contributed by atoms with Gasteiger partial charge in [-0.3, -0.25) is 0 Å². The van der Waals surface area contributed by atoms with Crippen molar-refractivity contribution in [3.05, 3.63) is 46.1 Å². The minimum Gasteiger partial charge on any atom is -0.492 e. The molecule has 1 aromatic carbocycles. The number of thiazole rings is 1. The van der Waals surface area contributed by atoms with E-state index in [-0.39, 0.29) is 11.9 Å². The van der Waals surface area contributed by atoms with Crippen LogP contribution in [0.15, 0.2) is 24.3 Å². The maximum absolute atomic E-state index is 13.0. The van der Waals surface area contributed by atoms with E-state index >= 15 is 0 Å². The molecule has 0 amide bonds. The number of nitrogens with zero attached hydrogens (tertiary/aromatic N) is 3. The number of benzene rings is 1. The van der Waals surface area contributed by atoms with Crippen molar-refractivity contribution in [1.29, 1.82) is 0 Å². The summed E-state index contributed by atoms with van der Waals surface area (Å²) in [6.45, 7) is 3.78. The molecule has 0 bridgehead atoms. The van der Waals surface area contributed by atoms with Gasteiger partial charge in [-0.05, 0) is 31.4 Å². The first-order chi connectivity index (χ1) is 13.4. The van der Waals surface area contributed by atoms with Gasteiger partial charge in [-0.25, -0.2) is 4.98 Å². The summed E-state index contributed by atoms with van der Waals surface area (Å²) < 4.78 is 40.3. The summed E-state index contributed by atoms with van der Waals surface area (Å²) in [6, 6.07) is 5.06. The Morgan fingerprint density at radius 3 is 2.43 bits per heavy atom. The molecule has 2 aromatic heterocycles. The number of nitrogens with one attached hydrogen (secondary N) is 1. The van der Waals surface area contributed by atoms with E-state index < -0.39 is 11.7 Å². The van der Waals surface area contributed by atoms with Gasteiger partial charge in [0.1, 0.15) is 4.88 Å². The molecule has 1 fully saturated rings. The highest BCUT2D eigenvalue weighted by atomic mass is 32.1. The number of likely N-dealkylation sites (tertiary alicyclic amines) is 1. The smallest absolute Gasteiger partial charge is 0.416 e. The zero-order valence-electron chi connectivity index (χ0n) is 15.5. The van der Waals surface area contributed by atoms with Crippen molar-refractivity contribution >= 4 is 16.3 Å². The first kappa shape index (κ1) is 19.2. The molecule has 0 spiro atoms. The van der Waals surface area contributed by atoms with E-state index in [1.165, 1.54) is 32.9 Å². The van der Waals surface area contributed by atoms with Crippen molar-refractivity contribution in [3.63, 3.8) is 0 Å². The molecule has 28 heavy (non-hydrogen) atoms. The lowest BCUT2D eigenvalue weighted by molar-refractivity contribution is -0.929. The predicted octanol–water partition coefficient (Wildman–Crippen LogP) is 3.24. The maximum Gasteiger partial charge on any atom is 0.416 e. The molecule has 1 saturated heterocycles. The number of aromatic nitrogens is 3. The molecule has 3 heterocycles. The van der Waals surface area contributed by atoms with Crippen molar-refractivity contribution in [2.24, 2.45) is 0 Å². The van der Waals surface area contributed by atoms with E-state index in [9.17, 15) is 18.3 Å². The van der Waals surface area contributed by atoms with Gasteiger partial charge >= 0.3 is 6.18 Å². The Labute approximate surface area is 164 Å². The summed E-state index contributed by atoms with van der Waals surface area (Å²) in [7, 11) is 0. The highest BCUT2D eigenvalue weighted by Gasteiger charge is 2.35. The molecule has 0 aliphatic carbocycles. The quantitative estimate of drug-likeness (QED) is 0.693. The summed E-state index contributed by atoms with van der Waals surface area (Å²) in [5, 5.41) is 15.1. The lowest BCUT2D eigenvalue weighted by Gasteiger charge is -2.31. The maximum atomic E-state index is 13.0. The molecule has 9 heteroatoms. The summed E-state index contributed by atoms with van der Waals surface area (Å²) in [5.74, 6) is 0.694. The fourth-order valence-corrected chi connectivity index (χ4v) is 5.02. The van der Waals surface area contributed by atoms with Gasteiger partial charge in [0.05, 0.1) is 18.7 Å². The number of alkyl halides is 3. The van der Waals surface area contributed by atoms with Crippen LogP contribution >= 0.6 is 11.3 Å². The van der Waals surface area contributed by atoms with Crippen LogP contribution in [0.2, 0.25) is 0 Å². The van der Waals surface area contributed by atoms with Crippen molar-refractivity contribution in [2.75, 3.05) is 13.1 Å². The second-order valence-corrected chi connectivity index (χ2v) is 8.15. The largest absolute Gasteiger partial charge is 0.492 e. The fraction of sp³-hybridized carbons (Fsp3) is 0.474. The first-order valence-electron chi connectivity index (χ1n) is 9.47. The normalized spacial score (nSPS) is 17.3. The molecule has 1 aliphatic heterocycles. The minimum absolute atomic E-state index is 0.0372. The van der Waals surface area contributed by atoms with Crippen LogP contribution < -0.4 is 4.90 Å². The third-order valence-corrected chi connectivity index (χ3v) is 6.38. The average molecular weight is 411 g/mol. The molecule has 0 unspecified atom stereocenters. The van der Waals surface area contributed by atoms with Gasteiger partial charge in [0.2, 0.25) is 10.8 Å². The van der Waals surface area contributed by atoms with Crippen molar-refractivity contribution < 1.29 is 23.2 Å². The molecule has 0 saturated carbocycles. The van der Waals surface area contributed by atoms with Crippen LogP contribution in [0.5, 0.6) is 5.88 Å². The third-order valence-electron chi connectivity index (χ3n) is 5.30. The number of quaternary nitrogens is 1. The van der Waals surface area contributed by atoms with Gasteiger partial charge in [-0.2, -0.15) is 17.7 Å². The Morgan fingerprint density at radius 2 is 1.86 bits per heavy atom. The second kappa shape index (κ2) is 7.36. The van der Waals surface area contributed by atoms with Gasteiger partial charge in [0.15, 0.2) is 11.9 Å². The molecular formula is C19H22F3N4OS+. The topological polar surface area (TPSA) is 54.9 Å². The molecular weight excluding hydrogens is 389 g/mol. The number of hydrogen-bond acceptors (Lipinski definition) is 4. The highest BCUT2D eigenvalue weighted by molar-refractivity contribution is 7.17. The van der Waals surface area contributed by atoms with Crippen LogP contribution in [-0.2, 0) is 12.6 Å². The molecule has 5 nitrogen and oxygen atoms in total. The Morgan fingerprint density at radius 1 is 1.18 bits per heavy atom. The van der Waals surface area contributed by atoms with Crippen molar-refractivity contribution in [3.8, 4) is 5.88 Å². The van der Waals surface area contributed by atoms with Crippen LogP contribution in [-0.4, -0.2) is 32.8 Å². The Balaban J connectivity index is 1.78. The molecule has 2 N–H and O–H groups in total. The van der Waals surface area contributed by atoms with E-state index in [1.807, 2.05) is 6.92 Å². The minimum atomic E-state index is -4.36. The Bertz CT molecular complexity index is 958. The zero-order chi connectivity index (χ0) is 19.9. The van der Waals surface area contributed by atoms with Gasteiger partial charge in [-0.15, -0.1) is 5.10 Å². The van der Waals surface area contributed by atoms with Crippen LogP contribution in [0, 0.1) is 0 Å². The Hall–Kier alpha value is -2.13.